The van der Waals surface area contributed by atoms with Crippen LogP contribution in [-0.2, 0) is 11.3 Å². The van der Waals surface area contributed by atoms with Gasteiger partial charge in [0.1, 0.15) is 6.61 Å². The molecule has 1 fully saturated rings. The van der Waals surface area contributed by atoms with Crippen molar-refractivity contribution in [3.05, 3.63) is 82.1 Å². The third-order valence-electron chi connectivity index (χ3n) is 5.44. The number of nitrogens with zero attached hydrogens (tertiary/aromatic N) is 3. The second-order valence-corrected chi connectivity index (χ2v) is 7.90. The summed E-state index contributed by atoms with van der Waals surface area (Å²) in [7, 11) is 0. The van der Waals surface area contributed by atoms with Gasteiger partial charge in [-0.25, -0.2) is 18.3 Å². The van der Waals surface area contributed by atoms with Crippen LogP contribution in [0.1, 0.15) is 5.56 Å². The Morgan fingerprint density at radius 3 is 2.68 bits per heavy atom. The molecule has 0 spiro atoms. The van der Waals surface area contributed by atoms with Crippen LogP contribution in [0.15, 0.2) is 59.4 Å². The van der Waals surface area contributed by atoms with Crippen molar-refractivity contribution in [2.24, 2.45) is 0 Å². The van der Waals surface area contributed by atoms with Crippen molar-refractivity contribution < 1.29 is 18.3 Å². The molecule has 0 radical (unpaired) electrons. The summed E-state index contributed by atoms with van der Waals surface area (Å²) in [4.78, 5) is 26.7. The first kappa shape index (κ1) is 23.5. The highest BCUT2D eigenvalue weighted by Gasteiger charge is 2.11. The fourth-order valence-electron chi connectivity index (χ4n) is 3.65. The molecule has 2 aromatic carbocycles. The fraction of sp³-hybridized carbons (Fsp3) is 0.292. The van der Waals surface area contributed by atoms with E-state index in [1.54, 1.807) is 24.3 Å². The molecular weight excluding hydrogens is 444 g/mol. The largest absolute Gasteiger partial charge is 0.448 e. The summed E-state index contributed by atoms with van der Waals surface area (Å²) >= 11 is 0. The van der Waals surface area contributed by atoms with Crippen LogP contribution >= 0.6 is 0 Å². The number of hydrogen-bond acceptors (Lipinski definition) is 6. The highest BCUT2D eigenvalue weighted by molar-refractivity contribution is 5.84. The third-order valence-corrected chi connectivity index (χ3v) is 5.44. The number of nitrogens with one attached hydrogen (secondary N) is 2. The summed E-state index contributed by atoms with van der Waals surface area (Å²) in [5, 5.41) is 10.2. The zero-order valence-electron chi connectivity index (χ0n) is 18.5. The fourth-order valence-corrected chi connectivity index (χ4v) is 3.65. The van der Waals surface area contributed by atoms with Crippen LogP contribution < -0.4 is 16.2 Å². The van der Waals surface area contributed by atoms with E-state index < -0.39 is 17.7 Å². The SMILES string of the molecule is O=C(Nc1cccc(Cn2nc(-c3ccc(F)c(F)c3)ccc2=O)c1)OCCN1CCNCC1. The van der Waals surface area contributed by atoms with Gasteiger partial charge in [-0.2, -0.15) is 5.10 Å². The van der Waals surface area contributed by atoms with E-state index >= 15 is 0 Å². The van der Waals surface area contributed by atoms with Gasteiger partial charge in [0.15, 0.2) is 11.6 Å². The van der Waals surface area contributed by atoms with Gasteiger partial charge in [0.05, 0.1) is 12.2 Å². The number of hydrogen-bond donors (Lipinski definition) is 2. The number of rotatable bonds is 7. The van der Waals surface area contributed by atoms with Crippen LogP contribution in [0, 0.1) is 11.6 Å². The van der Waals surface area contributed by atoms with E-state index in [1.807, 2.05) is 0 Å². The molecule has 178 valence electrons. The molecule has 10 heteroatoms. The van der Waals surface area contributed by atoms with Gasteiger partial charge in [0.25, 0.3) is 5.56 Å². The Balaban J connectivity index is 1.38. The van der Waals surface area contributed by atoms with Gasteiger partial charge in [-0.3, -0.25) is 15.0 Å². The number of amides is 1. The number of halogens is 2. The van der Waals surface area contributed by atoms with Crippen LogP contribution in [0.2, 0.25) is 0 Å². The third kappa shape index (κ3) is 6.24. The molecule has 1 amide bonds. The second-order valence-electron chi connectivity index (χ2n) is 7.90. The summed E-state index contributed by atoms with van der Waals surface area (Å²) in [6.07, 6.45) is -0.553. The normalized spacial score (nSPS) is 14.1. The van der Waals surface area contributed by atoms with E-state index in [0.717, 1.165) is 43.9 Å². The maximum Gasteiger partial charge on any atom is 0.411 e. The van der Waals surface area contributed by atoms with Gasteiger partial charge in [0.2, 0.25) is 0 Å². The van der Waals surface area contributed by atoms with Gasteiger partial charge < -0.3 is 10.1 Å². The molecule has 4 rings (SSSR count). The predicted octanol–water partition coefficient (Wildman–Crippen LogP) is 2.69. The zero-order chi connectivity index (χ0) is 23.9. The molecule has 2 N–H and O–H groups in total. The summed E-state index contributed by atoms with van der Waals surface area (Å²) in [6, 6.07) is 13.2. The molecule has 1 aliphatic heterocycles. The minimum atomic E-state index is -0.990. The van der Waals surface area contributed by atoms with E-state index in [9.17, 15) is 18.4 Å². The lowest BCUT2D eigenvalue weighted by Gasteiger charge is -2.26. The topological polar surface area (TPSA) is 88.5 Å². The number of benzene rings is 2. The Morgan fingerprint density at radius 2 is 1.88 bits per heavy atom. The molecule has 0 bridgehead atoms. The zero-order valence-corrected chi connectivity index (χ0v) is 18.5. The summed E-state index contributed by atoms with van der Waals surface area (Å²) in [5.74, 6) is -1.95. The minimum Gasteiger partial charge on any atom is -0.448 e. The van der Waals surface area contributed by atoms with Crippen molar-refractivity contribution in [3.63, 3.8) is 0 Å². The van der Waals surface area contributed by atoms with Crippen molar-refractivity contribution >= 4 is 11.8 Å². The Kier molecular flexibility index (Phi) is 7.61. The molecule has 0 unspecified atom stereocenters. The first-order chi connectivity index (χ1) is 16.5. The highest BCUT2D eigenvalue weighted by Crippen LogP contribution is 2.19. The van der Waals surface area contributed by atoms with Gasteiger partial charge in [-0.1, -0.05) is 12.1 Å². The monoisotopic (exact) mass is 469 g/mol. The summed E-state index contributed by atoms with van der Waals surface area (Å²) < 4.78 is 33.3. The van der Waals surface area contributed by atoms with Crippen LogP contribution in [0.3, 0.4) is 0 Å². The maximum absolute atomic E-state index is 13.6. The molecule has 0 atom stereocenters. The molecule has 1 saturated heterocycles. The van der Waals surface area contributed by atoms with E-state index in [2.05, 4.69) is 20.6 Å². The molecule has 34 heavy (non-hydrogen) atoms. The smallest absolute Gasteiger partial charge is 0.411 e. The van der Waals surface area contributed by atoms with Crippen molar-refractivity contribution in [1.82, 2.24) is 20.0 Å². The summed E-state index contributed by atoms with van der Waals surface area (Å²) in [6.45, 7) is 4.82. The molecule has 0 saturated carbocycles. The van der Waals surface area contributed by atoms with E-state index in [0.29, 0.717) is 30.1 Å². The number of carbonyl (C=O) groups is 1. The average molecular weight is 469 g/mol. The van der Waals surface area contributed by atoms with Crippen molar-refractivity contribution in [2.45, 2.75) is 6.54 Å². The Hall–Kier alpha value is -3.63. The molecule has 1 aliphatic rings. The average Bonchev–Trinajstić information content (AvgIpc) is 2.83. The number of piperazine rings is 1. The quantitative estimate of drug-likeness (QED) is 0.553. The van der Waals surface area contributed by atoms with Gasteiger partial charge >= 0.3 is 6.09 Å². The number of carbonyl (C=O) groups excluding carboxylic acids is 1. The lowest BCUT2D eigenvalue weighted by Crippen LogP contribution is -2.44. The molecule has 8 nitrogen and oxygen atoms in total. The first-order valence-electron chi connectivity index (χ1n) is 11.0. The van der Waals surface area contributed by atoms with E-state index in [1.165, 1.54) is 22.9 Å². The van der Waals surface area contributed by atoms with Crippen LogP contribution in [0.4, 0.5) is 19.3 Å². The van der Waals surface area contributed by atoms with Crippen LogP contribution in [0.5, 0.6) is 0 Å². The van der Waals surface area contributed by atoms with E-state index in [4.69, 9.17) is 4.74 Å². The predicted molar refractivity (Wildman–Crippen MR) is 124 cm³/mol. The maximum atomic E-state index is 13.6. The Bertz CT molecular complexity index is 1210. The van der Waals surface area contributed by atoms with Gasteiger partial charge in [0, 0.05) is 50.0 Å². The van der Waals surface area contributed by atoms with Gasteiger partial charge in [-0.05, 0) is 42.0 Å². The number of anilines is 1. The van der Waals surface area contributed by atoms with Crippen LogP contribution in [0.25, 0.3) is 11.3 Å². The Morgan fingerprint density at radius 1 is 1.06 bits per heavy atom. The molecule has 0 aliphatic carbocycles. The lowest BCUT2D eigenvalue weighted by atomic mass is 10.1. The van der Waals surface area contributed by atoms with E-state index in [-0.39, 0.29) is 12.1 Å². The highest BCUT2D eigenvalue weighted by atomic mass is 19.2. The Labute approximate surface area is 195 Å². The van der Waals surface area contributed by atoms with Crippen molar-refractivity contribution in [1.29, 1.82) is 0 Å². The van der Waals surface area contributed by atoms with Crippen molar-refractivity contribution in [2.75, 3.05) is 44.6 Å². The molecule has 3 aromatic rings. The van der Waals surface area contributed by atoms with Crippen molar-refractivity contribution in [3.8, 4) is 11.3 Å². The molecular formula is C24H25F2N5O3. The standard InChI is InChI=1S/C24H25F2N5O3/c25-20-5-4-18(15-21(20)26)22-6-7-23(32)31(29-22)16-17-2-1-3-19(14-17)28-24(33)34-13-12-30-10-8-27-9-11-30/h1-7,14-15,27H,8-13,16H2,(H,28,33). The minimum absolute atomic E-state index is 0.129. The summed E-state index contributed by atoms with van der Waals surface area (Å²) in [5.41, 5.74) is 1.58. The molecule has 1 aromatic heterocycles. The van der Waals surface area contributed by atoms with Crippen LogP contribution in [-0.4, -0.2) is 60.1 Å². The number of ether oxygens (including phenoxy) is 1. The first-order valence-corrected chi connectivity index (χ1v) is 11.0. The van der Waals surface area contributed by atoms with Gasteiger partial charge in [-0.15, -0.1) is 0 Å². The lowest BCUT2D eigenvalue weighted by molar-refractivity contribution is 0.134. The number of aromatic nitrogens is 2. The second kappa shape index (κ2) is 11.0. The molecule has 2 heterocycles.